The predicted octanol–water partition coefficient (Wildman–Crippen LogP) is 4.53. The fourth-order valence-electron chi connectivity index (χ4n) is 2.05. The van der Waals surface area contributed by atoms with Crippen LogP contribution in [0.3, 0.4) is 0 Å². The maximum atomic E-state index is 6.28. The van der Waals surface area contributed by atoms with Crippen LogP contribution in [0.4, 0.5) is 0 Å². The van der Waals surface area contributed by atoms with E-state index in [2.05, 4.69) is 0 Å². The highest BCUT2D eigenvalue weighted by Gasteiger charge is 2.22. The fraction of sp³-hybridized carbons (Fsp3) is 0.231. The van der Waals surface area contributed by atoms with Crippen LogP contribution in [0.25, 0.3) is 0 Å². The van der Waals surface area contributed by atoms with Gasteiger partial charge in [-0.25, -0.2) is 0 Å². The van der Waals surface area contributed by atoms with Gasteiger partial charge < -0.3 is 15.2 Å². The van der Waals surface area contributed by atoms with Gasteiger partial charge in [0.05, 0.1) is 14.7 Å². The molecule has 0 bridgehead atoms. The van der Waals surface area contributed by atoms with Crippen LogP contribution < -0.4 is 15.2 Å². The summed E-state index contributed by atoms with van der Waals surface area (Å²) in [4.78, 5) is 0. The lowest BCUT2D eigenvalue weighted by Gasteiger charge is -2.21. The molecule has 20 heavy (non-hydrogen) atoms. The van der Waals surface area contributed by atoms with Crippen LogP contribution in [0.2, 0.25) is 13.7 Å². The first-order chi connectivity index (χ1) is 9.56. The summed E-state index contributed by atoms with van der Waals surface area (Å²) in [5.41, 5.74) is 7.73. The van der Waals surface area contributed by atoms with Gasteiger partial charge in [-0.2, -0.15) is 0 Å². The molecule has 7 heteroatoms. The number of nitrogens with two attached hydrogens (primary N) is 1. The Kier molecular flexibility index (Phi) is 4.02. The first-order valence-electron chi connectivity index (χ1n) is 5.85. The molecule has 2 heterocycles. The lowest BCUT2D eigenvalue weighted by atomic mass is 10.0. The van der Waals surface area contributed by atoms with E-state index < -0.39 is 6.04 Å². The standard InChI is InChI=1S/C13H10Cl3NO2S/c14-8-5-10-9(18-1-2-19-10)3-6(8)12(17)7-4-11(15)20-13(7)16/h3-5,12H,1-2,17H2. The maximum absolute atomic E-state index is 6.28. The molecule has 1 unspecified atom stereocenters. The van der Waals surface area contributed by atoms with Gasteiger partial charge in [-0.05, 0) is 17.7 Å². The van der Waals surface area contributed by atoms with Crippen molar-refractivity contribution in [2.24, 2.45) is 5.73 Å². The van der Waals surface area contributed by atoms with Gasteiger partial charge >= 0.3 is 0 Å². The van der Waals surface area contributed by atoms with E-state index in [1.807, 2.05) is 0 Å². The van der Waals surface area contributed by atoms with Gasteiger partial charge in [0.25, 0.3) is 0 Å². The highest BCUT2D eigenvalue weighted by Crippen LogP contribution is 2.42. The molecule has 1 aliphatic heterocycles. The van der Waals surface area contributed by atoms with Crippen LogP contribution in [0, 0.1) is 0 Å². The number of ether oxygens (including phenoxy) is 2. The van der Waals surface area contributed by atoms with Crippen molar-refractivity contribution >= 4 is 46.1 Å². The normalized spacial score (nSPS) is 15.2. The number of thiophene rings is 1. The third-order valence-corrected chi connectivity index (χ3v) is 4.86. The molecule has 1 aromatic carbocycles. The summed E-state index contributed by atoms with van der Waals surface area (Å²) in [7, 11) is 0. The summed E-state index contributed by atoms with van der Waals surface area (Å²) in [5.74, 6) is 1.27. The quantitative estimate of drug-likeness (QED) is 0.865. The van der Waals surface area contributed by atoms with Crippen LogP contribution >= 0.6 is 46.1 Å². The summed E-state index contributed by atoms with van der Waals surface area (Å²) < 4.78 is 12.2. The van der Waals surface area contributed by atoms with Gasteiger partial charge in [0.2, 0.25) is 0 Å². The van der Waals surface area contributed by atoms with E-state index in [1.165, 1.54) is 11.3 Å². The Bertz CT molecular complexity index is 659. The molecular weight excluding hydrogens is 341 g/mol. The highest BCUT2D eigenvalue weighted by molar-refractivity contribution is 7.20. The lowest BCUT2D eigenvalue weighted by Crippen LogP contribution is -2.17. The number of rotatable bonds is 2. The zero-order valence-corrected chi connectivity index (χ0v) is 13.2. The monoisotopic (exact) mass is 349 g/mol. The Hall–Kier alpha value is -0.650. The Morgan fingerprint density at radius 1 is 1.00 bits per heavy atom. The van der Waals surface area contributed by atoms with Crippen molar-refractivity contribution in [2.45, 2.75) is 6.04 Å². The van der Waals surface area contributed by atoms with Gasteiger partial charge in [-0.3, -0.25) is 0 Å². The summed E-state index contributed by atoms with van der Waals surface area (Å²) in [6.07, 6.45) is 0. The van der Waals surface area contributed by atoms with E-state index in [4.69, 9.17) is 50.0 Å². The molecule has 0 spiro atoms. The van der Waals surface area contributed by atoms with Gasteiger partial charge in [0.1, 0.15) is 13.2 Å². The average Bonchev–Trinajstić information content (AvgIpc) is 2.76. The van der Waals surface area contributed by atoms with E-state index in [9.17, 15) is 0 Å². The zero-order valence-electron chi connectivity index (χ0n) is 10.2. The Balaban J connectivity index is 2.03. The van der Waals surface area contributed by atoms with Gasteiger partial charge in [0.15, 0.2) is 11.5 Å². The fourth-order valence-corrected chi connectivity index (χ4v) is 3.87. The third kappa shape index (κ3) is 2.59. The first kappa shape index (κ1) is 14.3. The van der Waals surface area contributed by atoms with Crippen LogP contribution in [-0.2, 0) is 0 Å². The Labute approximate surface area is 135 Å². The first-order valence-corrected chi connectivity index (χ1v) is 7.80. The molecule has 0 saturated heterocycles. The van der Waals surface area contributed by atoms with Crippen LogP contribution in [0.5, 0.6) is 11.5 Å². The molecule has 3 rings (SSSR count). The Morgan fingerprint density at radius 3 is 2.25 bits per heavy atom. The Morgan fingerprint density at radius 2 is 1.65 bits per heavy atom. The lowest BCUT2D eigenvalue weighted by molar-refractivity contribution is 0.171. The molecule has 2 N–H and O–H groups in total. The second-order valence-electron chi connectivity index (χ2n) is 4.27. The van der Waals surface area contributed by atoms with Crippen molar-refractivity contribution < 1.29 is 9.47 Å². The summed E-state index contributed by atoms with van der Waals surface area (Å²) in [6, 6.07) is 4.80. The molecule has 1 atom stereocenters. The van der Waals surface area contributed by atoms with Crippen LogP contribution in [-0.4, -0.2) is 13.2 Å². The van der Waals surface area contributed by atoms with Crippen LogP contribution in [0.15, 0.2) is 18.2 Å². The van der Waals surface area contributed by atoms with Crippen molar-refractivity contribution in [3.63, 3.8) is 0 Å². The van der Waals surface area contributed by atoms with E-state index in [0.717, 1.165) is 11.1 Å². The molecule has 1 aliphatic rings. The van der Waals surface area contributed by atoms with Gasteiger partial charge in [-0.1, -0.05) is 34.8 Å². The molecule has 0 fully saturated rings. The molecule has 0 amide bonds. The van der Waals surface area contributed by atoms with Crippen LogP contribution in [0.1, 0.15) is 17.2 Å². The van der Waals surface area contributed by atoms with E-state index in [-0.39, 0.29) is 0 Å². The molecule has 0 saturated carbocycles. The highest BCUT2D eigenvalue weighted by atomic mass is 35.5. The van der Waals surface area contributed by atoms with Gasteiger partial charge in [0, 0.05) is 16.7 Å². The molecule has 0 radical (unpaired) electrons. The summed E-state index contributed by atoms with van der Waals surface area (Å²) >= 11 is 19.6. The number of fused-ring (bicyclic) bond motifs is 1. The summed E-state index contributed by atoms with van der Waals surface area (Å²) in [5, 5.41) is 0.514. The van der Waals surface area contributed by atoms with Gasteiger partial charge in [-0.15, -0.1) is 11.3 Å². The molecule has 0 aliphatic carbocycles. The topological polar surface area (TPSA) is 44.5 Å². The number of hydrogen-bond donors (Lipinski definition) is 1. The third-order valence-electron chi connectivity index (χ3n) is 3.01. The second-order valence-corrected chi connectivity index (χ2v) is 6.97. The van der Waals surface area contributed by atoms with E-state index in [0.29, 0.717) is 38.4 Å². The SMILES string of the molecule is NC(c1cc2c(cc1Cl)OCCO2)c1cc(Cl)sc1Cl. The molecule has 106 valence electrons. The molecule has 1 aromatic heterocycles. The second kappa shape index (κ2) is 5.62. The summed E-state index contributed by atoms with van der Waals surface area (Å²) in [6.45, 7) is 1.02. The predicted molar refractivity (Wildman–Crippen MR) is 82.8 cm³/mol. The minimum Gasteiger partial charge on any atom is -0.486 e. The van der Waals surface area contributed by atoms with E-state index >= 15 is 0 Å². The van der Waals surface area contributed by atoms with Crippen molar-refractivity contribution in [3.8, 4) is 11.5 Å². The molecule has 2 aromatic rings. The number of benzene rings is 1. The van der Waals surface area contributed by atoms with Crippen molar-refractivity contribution in [2.75, 3.05) is 13.2 Å². The van der Waals surface area contributed by atoms with E-state index in [1.54, 1.807) is 18.2 Å². The minimum absolute atomic E-state index is 0.463. The number of hydrogen-bond acceptors (Lipinski definition) is 4. The largest absolute Gasteiger partial charge is 0.486 e. The minimum atomic E-state index is -0.463. The van der Waals surface area contributed by atoms with Crippen molar-refractivity contribution in [1.29, 1.82) is 0 Å². The smallest absolute Gasteiger partial charge is 0.162 e. The average molecular weight is 351 g/mol. The van der Waals surface area contributed by atoms with Crippen molar-refractivity contribution in [3.05, 3.63) is 43.0 Å². The molecular formula is C13H10Cl3NO2S. The number of halogens is 3. The maximum Gasteiger partial charge on any atom is 0.162 e. The zero-order chi connectivity index (χ0) is 14.3. The molecule has 3 nitrogen and oxygen atoms in total. The van der Waals surface area contributed by atoms with Crippen molar-refractivity contribution in [1.82, 2.24) is 0 Å².